The topological polar surface area (TPSA) is 55.8 Å². The van der Waals surface area contributed by atoms with Gasteiger partial charge in [-0.2, -0.15) is 0 Å². The maximum Gasteiger partial charge on any atom is 0.422 e. The third kappa shape index (κ3) is 2.72. The lowest BCUT2D eigenvalue weighted by Gasteiger charge is -2.40. The van der Waals surface area contributed by atoms with Crippen molar-refractivity contribution in [1.82, 2.24) is 15.3 Å². The number of benzene rings is 1. The molecule has 1 aliphatic heterocycles. The third-order valence-corrected chi connectivity index (χ3v) is 3.59. The molecule has 0 fully saturated rings. The quantitative estimate of drug-likeness (QED) is 0.817. The van der Waals surface area contributed by atoms with E-state index < -0.39 is 6.09 Å². The zero-order valence-corrected chi connectivity index (χ0v) is 11.5. The van der Waals surface area contributed by atoms with Crippen LogP contribution in [0.15, 0.2) is 24.3 Å². The molecule has 5 nitrogen and oxygen atoms in total. The van der Waals surface area contributed by atoms with Gasteiger partial charge in [0.2, 0.25) is 0 Å². The number of hydrogen-bond acceptors (Lipinski definition) is 3. The van der Waals surface area contributed by atoms with Gasteiger partial charge in [-0.25, -0.2) is 14.8 Å². The van der Waals surface area contributed by atoms with Gasteiger partial charge in [0.15, 0.2) is 0 Å². The van der Waals surface area contributed by atoms with Crippen LogP contribution in [0.4, 0.5) is 4.79 Å². The molecule has 1 amide bonds. The molecule has 2 N–H and O–H groups in total. The van der Waals surface area contributed by atoms with Crippen molar-refractivity contribution >= 4 is 6.09 Å². The van der Waals surface area contributed by atoms with Crippen molar-refractivity contribution in [2.75, 3.05) is 19.6 Å². The van der Waals surface area contributed by atoms with E-state index in [1.165, 1.54) is 10.6 Å². The Labute approximate surface area is 113 Å². The lowest BCUT2D eigenvalue weighted by atomic mass is 9.96. The summed E-state index contributed by atoms with van der Waals surface area (Å²) >= 11 is 0. The van der Waals surface area contributed by atoms with Crippen molar-refractivity contribution in [2.45, 2.75) is 26.4 Å². The Morgan fingerprint density at radius 2 is 2.05 bits per heavy atom. The fraction of sp³-hybridized carbons (Fsp3) is 0.500. The monoisotopic (exact) mass is 263 g/mol. The number of hydrazine groups is 1. The lowest BCUT2D eigenvalue weighted by molar-refractivity contribution is -0.0359. The highest BCUT2D eigenvalue weighted by Crippen LogP contribution is 2.28. The molecule has 1 aromatic rings. The van der Waals surface area contributed by atoms with Crippen LogP contribution in [0.25, 0.3) is 0 Å². The number of hydrogen-bond donors (Lipinski definition) is 2. The van der Waals surface area contributed by atoms with E-state index in [1.807, 2.05) is 37.1 Å². The van der Waals surface area contributed by atoms with Crippen molar-refractivity contribution in [2.24, 2.45) is 0 Å². The van der Waals surface area contributed by atoms with Crippen molar-refractivity contribution < 1.29 is 9.90 Å². The van der Waals surface area contributed by atoms with E-state index in [-0.39, 0.29) is 6.04 Å². The summed E-state index contributed by atoms with van der Waals surface area (Å²) in [6.45, 7) is 6.77. The summed E-state index contributed by atoms with van der Waals surface area (Å²) in [5.41, 5.74) is 2.28. The molecule has 19 heavy (non-hydrogen) atoms. The summed E-state index contributed by atoms with van der Waals surface area (Å²) in [5, 5.41) is 16.2. The van der Waals surface area contributed by atoms with E-state index in [2.05, 4.69) is 11.4 Å². The minimum Gasteiger partial charge on any atom is -0.464 e. The number of nitrogens with one attached hydrogen (secondary N) is 1. The average Bonchev–Trinajstić information content (AvgIpc) is 2.44. The van der Waals surface area contributed by atoms with Gasteiger partial charge in [-0.15, -0.1) is 0 Å². The van der Waals surface area contributed by atoms with E-state index in [9.17, 15) is 9.90 Å². The molecule has 0 aromatic heterocycles. The molecule has 2 rings (SSSR count). The Balaban J connectivity index is 2.36. The smallest absolute Gasteiger partial charge is 0.422 e. The van der Waals surface area contributed by atoms with Gasteiger partial charge < -0.3 is 10.4 Å². The van der Waals surface area contributed by atoms with Gasteiger partial charge in [-0.1, -0.05) is 38.1 Å². The molecule has 1 atom stereocenters. The molecule has 1 heterocycles. The number of rotatable bonds is 4. The van der Waals surface area contributed by atoms with E-state index >= 15 is 0 Å². The number of carbonyl (C=O) groups is 1. The molecule has 0 saturated heterocycles. The summed E-state index contributed by atoms with van der Waals surface area (Å²) in [6.07, 6.45) is -0.896. The van der Waals surface area contributed by atoms with E-state index in [0.29, 0.717) is 19.6 Å². The minimum absolute atomic E-state index is 0.151. The first-order valence-electron chi connectivity index (χ1n) is 6.74. The maximum atomic E-state index is 11.6. The Morgan fingerprint density at radius 1 is 1.37 bits per heavy atom. The first-order chi connectivity index (χ1) is 9.19. The molecule has 0 radical (unpaired) electrons. The van der Waals surface area contributed by atoms with Crippen LogP contribution in [0, 0.1) is 0 Å². The highest BCUT2D eigenvalue weighted by molar-refractivity contribution is 5.65. The van der Waals surface area contributed by atoms with E-state index in [1.54, 1.807) is 0 Å². The summed E-state index contributed by atoms with van der Waals surface area (Å²) in [5.74, 6) is 0. The first-order valence-corrected chi connectivity index (χ1v) is 6.74. The largest absolute Gasteiger partial charge is 0.464 e. The Bertz CT molecular complexity index is 446. The number of nitrogens with zero attached hydrogens (tertiary/aromatic N) is 2. The van der Waals surface area contributed by atoms with Gasteiger partial charge in [-0.05, 0) is 11.1 Å². The number of amides is 1. The highest BCUT2D eigenvalue weighted by Gasteiger charge is 2.32. The van der Waals surface area contributed by atoms with Gasteiger partial charge in [-0.3, -0.25) is 0 Å². The molecule has 1 aliphatic rings. The predicted octanol–water partition coefficient (Wildman–Crippen LogP) is 2.07. The molecular formula is C14H21N3O2. The minimum atomic E-state index is -0.896. The van der Waals surface area contributed by atoms with Crippen LogP contribution in [0.2, 0.25) is 0 Å². The molecule has 1 aromatic carbocycles. The van der Waals surface area contributed by atoms with Crippen LogP contribution in [0.5, 0.6) is 0 Å². The Morgan fingerprint density at radius 3 is 2.68 bits per heavy atom. The van der Waals surface area contributed by atoms with Gasteiger partial charge in [0, 0.05) is 26.2 Å². The second kappa shape index (κ2) is 6.04. The molecule has 0 bridgehead atoms. The van der Waals surface area contributed by atoms with Crippen molar-refractivity contribution in [3.8, 4) is 0 Å². The molecule has 0 aliphatic carbocycles. The average molecular weight is 263 g/mol. The van der Waals surface area contributed by atoms with Crippen LogP contribution in [0.3, 0.4) is 0 Å². The second-order valence-electron chi connectivity index (χ2n) is 4.61. The molecular weight excluding hydrogens is 242 g/mol. The zero-order valence-electron chi connectivity index (χ0n) is 11.5. The predicted molar refractivity (Wildman–Crippen MR) is 73.7 cm³/mol. The van der Waals surface area contributed by atoms with Crippen LogP contribution in [-0.2, 0) is 6.54 Å². The SMILES string of the molecule is CCN(CC)N(C(=O)O)C1CNCc2ccccc21. The van der Waals surface area contributed by atoms with Crippen molar-refractivity contribution in [3.63, 3.8) is 0 Å². The molecule has 0 spiro atoms. The van der Waals surface area contributed by atoms with Crippen molar-refractivity contribution in [3.05, 3.63) is 35.4 Å². The summed E-state index contributed by atoms with van der Waals surface area (Å²) < 4.78 is 0. The van der Waals surface area contributed by atoms with Gasteiger partial charge >= 0.3 is 6.09 Å². The van der Waals surface area contributed by atoms with Crippen LogP contribution in [0.1, 0.15) is 31.0 Å². The Hall–Kier alpha value is -1.59. The molecule has 1 unspecified atom stereocenters. The molecule has 5 heteroatoms. The van der Waals surface area contributed by atoms with Crippen LogP contribution >= 0.6 is 0 Å². The number of carboxylic acid groups (broad SMARTS) is 1. The molecule has 104 valence electrons. The van der Waals surface area contributed by atoms with E-state index in [0.717, 1.165) is 12.1 Å². The summed E-state index contributed by atoms with van der Waals surface area (Å²) in [4.78, 5) is 11.6. The van der Waals surface area contributed by atoms with Crippen LogP contribution < -0.4 is 5.32 Å². The summed E-state index contributed by atoms with van der Waals surface area (Å²) in [6, 6.07) is 7.89. The standard InChI is InChI=1S/C14H21N3O2/c1-3-16(4-2)17(14(18)19)13-10-15-9-11-7-5-6-8-12(11)13/h5-8,13,15H,3-4,9-10H2,1-2H3,(H,18,19). The fourth-order valence-corrected chi connectivity index (χ4v) is 2.67. The maximum absolute atomic E-state index is 11.6. The fourth-order valence-electron chi connectivity index (χ4n) is 2.67. The summed E-state index contributed by atoms with van der Waals surface area (Å²) in [7, 11) is 0. The normalized spacial score (nSPS) is 18.2. The zero-order chi connectivity index (χ0) is 13.8. The molecule has 0 saturated carbocycles. The van der Waals surface area contributed by atoms with Gasteiger partial charge in [0.25, 0.3) is 0 Å². The van der Waals surface area contributed by atoms with E-state index in [4.69, 9.17) is 0 Å². The second-order valence-corrected chi connectivity index (χ2v) is 4.61. The highest BCUT2D eigenvalue weighted by atomic mass is 16.4. The number of fused-ring (bicyclic) bond motifs is 1. The van der Waals surface area contributed by atoms with Crippen molar-refractivity contribution in [1.29, 1.82) is 0 Å². The third-order valence-electron chi connectivity index (χ3n) is 3.59. The Kier molecular flexibility index (Phi) is 4.39. The lowest BCUT2D eigenvalue weighted by Crippen LogP contribution is -2.51. The van der Waals surface area contributed by atoms with Crippen LogP contribution in [-0.4, -0.2) is 40.9 Å². The van der Waals surface area contributed by atoms with Gasteiger partial charge in [0.1, 0.15) is 0 Å². The first kappa shape index (κ1) is 13.8. The van der Waals surface area contributed by atoms with Gasteiger partial charge in [0.05, 0.1) is 6.04 Å².